The highest BCUT2D eigenvalue weighted by atomic mass is 16.5. The molecule has 0 radical (unpaired) electrons. The first kappa shape index (κ1) is 17.3. The smallest absolute Gasteiger partial charge is 0.226 e. The quantitative estimate of drug-likeness (QED) is 0.816. The van der Waals surface area contributed by atoms with Crippen LogP contribution in [0.15, 0.2) is 0 Å². The molecule has 0 aromatic heterocycles. The number of ether oxygens (including phenoxy) is 1. The van der Waals surface area contributed by atoms with Gasteiger partial charge in [0, 0.05) is 44.7 Å². The number of amides is 2. The fourth-order valence-electron chi connectivity index (χ4n) is 3.63. The van der Waals surface area contributed by atoms with Crippen molar-refractivity contribution in [2.45, 2.75) is 57.9 Å². The van der Waals surface area contributed by atoms with Crippen LogP contribution in [0.3, 0.4) is 0 Å². The number of rotatable bonds is 6. The molecule has 1 N–H and O–H groups in total. The summed E-state index contributed by atoms with van der Waals surface area (Å²) in [5.74, 6) is 0.0102. The lowest BCUT2D eigenvalue weighted by molar-refractivity contribution is -0.143. The highest BCUT2D eigenvalue weighted by Gasteiger charge is 2.38. The van der Waals surface area contributed by atoms with Gasteiger partial charge in [-0.1, -0.05) is 12.8 Å². The van der Waals surface area contributed by atoms with E-state index in [2.05, 4.69) is 5.32 Å². The van der Waals surface area contributed by atoms with Crippen molar-refractivity contribution in [3.8, 4) is 0 Å². The average Bonchev–Trinajstić information content (AvgIpc) is 3.06. The van der Waals surface area contributed by atoms with Crippen molar-refractivity contribution in [2.24, 2.45) is 11.8 Å². The highest BCUT2D eigenvalue weighted by Crippen LogP contribution is 2.32. The van der Waals surface area contributed by atoms with Gasteiger partial charge >= 0.3 is 0 Å². The fraction of sp³-hybridized carbons (Fsp3) is 0.882. The van der Waals surface area contributed by atoms with Crippen LogP contribution < -0.4 is 5.32 Å². The molecule has 2 amide bonds. The number of methoxy groups -OCH3 is 1. The number of likely N-dealkylation sites (tertiary alicyclic amines) is 1. The zero-order valence-corrected chi connectivity index (χ0v) is 14.0. The summed E-state index contributed by atoms with van der Waals surface area (Å²) in [5.41, 5.74) is 0. The lowest BCUT2D eigenvalue weighted by Gasteiger charge is -2.33. The molecular weight excluding hydrogens is 280 g/mol. The molecule has 0 unspecified atom stereocenters. The van der Waals surface area contributed by atoms with E-state index < -0.39 is 0 Å². The Kier molecular flexibility index (Phi) is 6.68. The summed E-state index contributed by atoms with van der Waals surface area (Å²) in [5, 5.41) is 3.07. The van der Waals surface area contributed by atoms with Gasteiger partial charge in [0.15, 0.2) is 0 Å². The Bertz CT molecular complexity index is 380. The molecule has 1 aliphatic heterocycles. The van der Waals surface area contributed by atoms with Crippen LogP contribution in [0.5, 0.6) is 0 Å². The van der Waals surface area contributed by atoms with Crippen molar-refractivity contribution in [3.05, 3.63) is 0 Å². The third kappa shape index (κ3) is 4.45. The van der Waals surface area contributed by atoms with Crippen LogP contribution in [0.2, 0.25) is 0 Å². The van der Waals surface area contributed by atoms with Gasteiger partial charge in [0.2, 0.25) is 11.8 Å². The summed E-state index contributed by atoms with van der Waals surface area (Å²) in [6, 6.07) is 0.0944. The molecule has 2 rings (SSSR count). The monoisotopic (exact) mass is 310 g/mol. The summed E-state index contributed by atoms with van der Waals surface area (Å²) >= 11 is 0. The highest BCUT2D eigenvalue weighted by molar-refractivity contribution is 5.88. The lowest BCUT2D eigenvalue weighted by Crippen LogP contribution is -2.46. The number of hydrogen-bond acceptors (Lipinski definition) is 3. The minimum absolute atomic E-state index is 0.0563. The molecule has 1 saturated carbocycles. The topological polar surface area (TPSA) is 58.6 Å². The summed E-state index contributed by atoms with van der Waals surface area (Å²) < 4.78 is 5.05. The SMILES string of the molecule is COCC[C@H](C)NC(=O)[C@@H]1CCCC[C@H]1C(=O)N1CCCC1. The van der Waals surface area contributed by atoms with E-state index in [4.69, 9.17) is 4.74 Å². The average molecular weight is 310 g/mol. The van der Waals surface area contributed by atoms with Crippen LogP contribution in [0.4, 0.5) is 0 Å². The van der Waals surface area contributed by atoms with Crippen LogP contribution >= 0.6 is 0 Å². The standard InChI is InChI=1S/C17H30N2O3/c1-13(9-12-22-2)18-16(20)14-7-3-4-8-15(14)17(21)19-10-5-6-11-19/h13-15H,3-12H2,1-2H3,(H,18,20)/t13-,14+,15+/m0/s1. The maximum atomic E-state index is 12.7. The second kappa shape index (κ2) is 8.51. The van der Waals surface area contributed by atoms with Gasteiger partial charge in [-0.2, -0.15) is 0 Å². The van der Waals surface area contributed by atoms with Gasteiger partial charge in [0.1, 0.15) is 0 Å². The van der Waals surface area contributed by atoms with Crippen molar-refractivity contribution in [1.82, 2.24) is 10.2 Å². The molecule has 0 spiro atoms. The summed E-state index contributed by atoms with van der Waals surface area (Å²) in [7, 11) is 1.67. The third-order valence-electron chi connectivity index (χ3n) is 4.98. The van der Waals surface area contributed by atoms with Crippen LogP contribution in [0.1, 0.15) is 51.9 Å². The molecule has 1 saturated heterocycles. The van der Waals surface area contributed by atoms with E-state index in [1.807, 2.05) is 11.8 Å². The Labute approximate surface area is 133 Å². The lowest BCUT2D eigenvalue weighted by atomic mass is 9.77. The Morgan fingerprint density at radius 2 is 1.77 bits per heavy atom. The first-order valence-electron chi connectivity index (χ1n) is 8.71. The third-order valence-corrected chi connectivity index (χ3v) is 4.98. The van der Waals surface area contributed by atoms with Crippen molar-refractivity contribution in [3.63, 3.8) is 0 Å². The van der Waals surface area contributed by atoms with Crippen molar-refractivity contribution >= 4 is 11.8 Å². The molecular formula is C17H30N2O3. The van der Waals surface area contributed by atoms with Crippen LogP contribution in [0.25, 0.3) is 0 Å². The first-order valence-corrected chi connectivity index (χ1v) is 8.71. The van der Waals surface area contributed by atoms with E-state index in [0.717, 1.165) is 58.0 Å². The minimum Gasteiger partial charge on any atom is -0.385 e. The van der Waals surface area contributed by atoms with Gasteiger partial charge in [-0.3, -0.25) is 9.59 Å². The molecule has 0 bridgehead atoms. The second-order valence-corrected chi connectivity index (χ2v) is 6.72. The van der Waals surface area contributed by atoms with Gasteiger partial charge in [-0.25, -0.2) is 0 Å². The molecule has 2 aliphatic rings. The van der Waals surface area contributed by atoms with E-state index in [9.17, 15) is 9.59 Å². The molecule has 0 aromatic carbocycles. The Morgan fingerprint density at radius 3 is 2.41 bits per heavy atom. The first-order chi connectivity index (χ1) is 10.6. The van der Waals surface area contributed by atoms with E-state index >= 15 is 0 Å². The van der Waals surface area contributed by atoms with Gasteiger partial charge in [-0.05, 0) is 39.0 Å². The van der Waals surface area contributed by atoms with E-state index in [1.165, 1.54) is 0 Å². The van der Waals surface area contributed by atoms with Gasteiger partial charge in [0.25, 0.3) is 0 Å². The summed E-state index contributed by atoms with van der Waals surface area (Å²) in [4.78, 5) is 27.2. The molecule has 5 nitrogen and oxygen atoms in total. The zero-order chi connectivity index (χ0) is 15.9. The minimum atomic E-state index is -0.146. The van der Waals surface area contributed by atoms with Crippen molar-refractivity contribution in [1.29, 1.82) is 0 Å². The van der Waals surface area contributed by atoms with E-state index in [1.54, 1.807) is 7.11 Å². The summed E-state index contributed by atoms with van der Waals surface area (Å²) in [6.07, 6.45) is 6.82. The van der Waals surface area contributed by atoms with E-state index in [-0.39, 0.29) is 29.7 Å². The maximum absolute atomic E-state index is 12.7. The van der Waals surface area contributed by atoms with Gasteiger partial charge in [-0.15, -0.1) is 0 Å². The number of carbonyl (C=O) groups is 2. The molecule has 126 valence electrons. The largest absolute Gasteiger partial charge is 0.385 e. The van der Waals surface area contributed by atoms with Crippen LogP contribution in [-0.2, 0) is 14.3 Å². The zero-order valence-electron chi connectivity index (χ0n) is 14.0. The number of nitrogens with zero attached hydrogens (tertiary/aromatic N) is 1. The number of hydrogen-bond donors (Lipinski definition) is 1. The Balaban J connectivity index is 1.93. The van der Waals surface area contributed by atoms with Crippen LogP contribution in [0, 0.1) is 11.8 Å². The molecule has 22 heavy (non-hydrogen) atoms. The molecule has 2 fully saturated rings. The molecule has 1 heterocycles. The fourth-order valence-corrected chi connectivity index (χ4v) is 3.63. The number of carbonyl (C=O) groups excluding carboxylic acids is 2. The second-order valence-electron chi connectivity index (χ2n) is 6.72. The summed E-state index contributed by atoms with van der Waals surface area (Å²) in [6.45, 7) is 4.38. The molecule has 1 aliphatic carbocycles. The number of nitrogens with one attached hydrogen (secondary N) is 1. The molecule has 5 heteroatoms. The maximum Gasteiger partial charge on any atom is 0.226 e. The predicted molar refractivity (Wildman–Crippen MR) is 85.4 cm³/mol. The normalized spacial score (nSPS) is 26.7. The van der Waals surface area contributed by atoms with Crippen LogP contribution in [-0.4, -0.2) is 49.6 Å². The van der Waals surface area contributed by atoms with Crippen molar-refractivity contribution in [2.75, 3.05) is 26.8 Å². The van der Waals surface area contributed by atoms with Gasteiger partial charge in [0.05, 0.1) is 0 Å². The van der Waals surface area contributed by atoms with Gasteiger partial charge < -0.3 is 15.0 Å². The molecule has 3 atom stereocenters. The van der Waals surface area contributed by atoms with E-state index in [0.29, 0.717) is 6.61 Å². The molecule has 0 aromatic rings. The van der Waals surface area contributed by atoms with Crippen molar-refractivity contribution < 1.29 is 14.3 Å². The Morgan fingerprint density at radius 1 is 1.14 bits per heavy atom. The predicted octanol–water partition coefficient (Wildman–Crippen LogP) is 1.96. The Hall–Kier alpha value is -1.10.